The standard InChI is InChI=1S/C20H26FN3O/c1-20(2,16-9-7-10-17(21)12-16)14-24-19(22-3)23-13-15-8-5-6-11-18(15)25-4/h5-12H,13-14H2,1-4H3,(H2,22,23,24). The summed E-state index contributed by atoms with van der Waals surface area (Å²) in [6, 6.07) is 14.6. The summed E-state index contributed by atoms with van der Waals surface area (Å²) in [5, 5.41) is 6.59. The molecule has 25 heavy (non-hydrogen) atoms. The first-order valence-electron chi connectivity index (χ1n) is 8.29. The van der Waals surface area contributed by atoms with E-state index in [1.807, 2.05) is 30.3 Å². The van der Waals surface area contributed by atoms with Crippen LogP contribution in [0.3, 0.4) is 0 Å². The Morgan fingerprint density at radius 1 is 1.12 bits per heavy atom. The van der Waals surface area contributed by atoms with Gasteiger partial charge in [0.2, 0.25) is 0 Å². The van der Waals surface area contributed by atoms with E-state index in [2.05, 4.69) is 29.5 Å². The lowest BCUT2D eigenvalue weighted by Gasteiger charge is -2.27. The SMILES string of the molecule is CN=C(NCc1ccccc1OC)NCC(C)(C)c1cccc(F)c1. The van der Waals surface area contributed by atoms with Crippen molar-refractivity contribution in [3.63, 3.8) is 0 Å². The summed E-state index contributed by atoms with van der Waals surface area (Å²) in [6.45, 7) is 5.37. The Morgan fingerprint density at radius 2 is 1.88 bits per heavy atom. The molecule has 0 fully saturated rings. The molecule has 134 valence electrons. The van der Waals surface area contributed by atoms with E-state index in [-0.39, 0.29) is 11.2 Å². The molecule has 0 saturated heterocycles. The van der Waals surface area contributed by atoms with Crippen molar-refractivity contribution in [3.8, 4) is 5.75 Å². The van der Waals surface area contributed by atoms with Gasteiger partial charge in [-0.1, -0.05) is 44.2 Å². The zero-order valence-corrected chi connectivity index (χ0v) is 15.3. The molecule has 0 aromatic heterocycles. The quantitative estimate of drug-likeness (QED) is 0.623. The lowest BCUT2D eigenvalue weighted by atomic mass is 9.84. The van der Waals surface area contributed by atoms with Crippen LogP contribution in [-0.2, 0) is 12.0 Å². The van der Waals surface area contributed by atoms with Gasteiger partial charge in [-0.15, -0.1) is 0 Å². The van der Waals surface area contributed by atoms with Crippen molar-refractivity contribution in [2.24, 2.45) is 4.99 Å². The number of nitrogens with zero attached hydrogens (tertiary/aromatic N) is 1. The molecule has 0 atom stereocenters. The zero-order chi connectivity index (χ0) is 18.3. The Balaban J connectivity index is 1.96. The maximum Gasteiger partial charge on any atom is 0.191 e. The van der Waals surface area contributed by atoms with Crippen LogP contribution in [0.1, 0.15) is 25.0 Å². The third-order valence-electron chi connectivity index (χ3n) is 4.17. The van der Waals surface area contributed by atoms with Crippen molar-refractivity contribution in [3.05, 3.63) is 65.5 Å². The average molecular weight is 343 g/mol. The minimum Gasteiger partial charge on any atom is -0.496 e. The van der Waals surface area contributed by atoms with Crippen LogP contribution in [0.15, 0.2) is 53.5 Å². The summed E-state index contributed by atoms with van der Waals surface area (Å²) >= 11 is 0. The van der Waals surface area contributed by atoms with Gasteiger partial charge in [0, 0.05) is 31.1 Å². The van der Waals surface area contributed by atoms with E-state index in [4.69, 9.17) is 4.74 Å². The van der Waals surface area contributed by atoms with E-state index in [1.54, 1.807) is 26.3 Å². The van der Waals surface area contributed by atoms with E-state index >= 15 is 0 Å². The van der Waals surface area contributed by atoms with Crippen molar-refractivity contribution < 1.29 is 9.13 Å². The highest BCUT2D eigenvalue weighted by Gasteiger charge is 2.21. The van der Waals surface area contributed by atoms with Crippen LogP contribution >= 0.6 is 0 Å². The number of ether oxygens (including phenoxy) is 1. The second kappa shape index (κ2) is 8.51. The molecule has 0 radical (unpaired) electrons. The van der Waals surface area contributed by atoms with Crippen LogP contribution in [0.25, 0.3) is 0 Å². The molecule has 0 unspecified atom stereocenters. The Labute approximate surface area is 149 Å². The topological polar surface area (TPSA) is 45.7 Å². The van der Waals surface area contributed by atoms with Crippen LogP contribution in [-0.4, -0.2) is 26.7 Å². The fraction of sp³-hybridized carbons (Fsp3) is 0.350. The molecule has 0 heterocycles. The molecule has 0 saturated carbocycles. The van der Waals surface area contributed by atoms with Crippen LogP contribution in [0, 0.1) is 5.82 Å². The second-order valence-corrected chi connectivity index (χ2v) is 6.49. The van der Waals surface area contributed by atoms with E-state index in [1.165, 1.54) is 6.07 Å². The normalized spacial score (nSPS) is 12.0. The Bertz CT molecular complexity index is 728. The summed E-state index contributed by atoms with van der Waals surface area (Å²) in [5.74, 6) is 1.31. The molecule has 2 N–H and O–H groups in total. The van der Waals surface area contributed by atoms with Crippen molar-refractivity contribution in [1.82, 2.24) is 10.6 Å². The molecule has 0 bridgehead atoms. The van der Waals surface area contributed by atoms with Gasteiger partial charge in [0.1, 0.15) is 11.6 Å². The largest absolute Gasteiger partial charge is 0.496 e. The number of rotatable bonds is 6. The number of halogens is 1. The number of hydrogen-bond acceptors (Lipinski definition) is 2. The van der Waals surface area contributed by atoms with Gasteiger partial charge in [-0.2, -0.15) is 0 Å². The van der Waals surface area contributed by atoms with E-state index < -0.39 is 0 Å². The summed E-state index contributed by atoms with van der Waals surface area (Å²) in [4.78, 5) is 4.25. The minimum atomic E-state index is -0.232. The molecular formula is C20H26FN3O. The van der Waals surface area contributed by atoms with Gasteiger partial charge in [-0.3, -0.25) is 4.99 Å². The highest BCUT2D eigenvalue weighted by Crippen LogP contribution is 2.23. The van der Waals surface area contributed by atoms with Crippen LogP contribution in [0.5, 0.6) is 5.75 Å². The fourth-order valence-electron chi connectivity index (χ4n) is 2.56. The molecule has 0 aliphatic heterocycles. The maximum atomic E-state index is 13.5. The average Bonchev–Trinajstić information content (AvgIpc) is 2.62. The van der Waals surface area contributed by atoms with Gasteiger partial charge in [0.15, 0.2) is 5.96 Å². The van der Waals surface area contributed by atoms with Crippen LogP contribution < -0.4 is 15.4 Å². The van der Waals surface area contributed by atoms with Gasteiger partial charge >= 0.3 is 0 Å². The Hall–Kier alpha value is -2.56. The molecule has 0 amide bonds. The molecular weight excluding hydrogens is 317 g/mol. The molecule has 0 aliphatic carbocycles. The van der Waals surface area contributed by atoms with E-state index in [0.717, 1.165) is 16.9 Å². The van der Waals surface area contributed by atoms with Crippen LogP contribution in [0.4, 0.5) is 4.39 Å². The number of aliphatic imine (C=N–C) groups is 1. The number of methoxy groups -OCH3 is 1. The second-order valence-electron chi connectivity index (χ2n) is 6.49. The predicted molar refractivity (Wildman–Crippen MR) is 101 cm³/mol. The van der Waals surface area contributed by atoms with Crippen molar-refractivity contribution >= 4 is 5.96 Å². The smallest absolute Gasteiger partial charge is 0.191 e. The monoisotopic (exact) mass is 343 g/mol. The number of hydrogen-bond donors (Lipinski definition) is 2. The van der Waals surface area contributed by atoms with Crippen molar-refractivity contribution in [2.45, 2.75) is 25.8 Å². The number of benzene rings is 2. The van der Waals surface area contributed by atoms with Gasteiger partial charge in [0.25, 0.3) is 0 Å². The third kappa shape index (κ3) is 5.21. The highest BCUT2D eigenvalue weighted by molar-refractivity contribution is 5.79. The predicted octanol–water partition coefficient (Wildman–Crippen LogP) is 3.48. The first-order valence-corrected chi connectivity index (χ1v) is 8.29. The summed E-state index contributed by atoms with van der Waals surface area (Å²) in [7, 11) is 3.39. The van der Waals surface area contributed by atoms with Gasteiger partial charge in [-0.25, -0.2) is 4.39 Å². The molecule has 0 aliphatic rings. The lowest BCUT2D eigenvalue weighted by Crippen LogP contribution is -2.43. The molecule has 5 heteroatoms. The maximum absolute atomic E-state index is 13.5. The van der Waals surface area contributed by atoms with Gasteiger partial charge in [0.05, 0.1) is 7.11 Å². The number of nitrogens with one attached hydrogen (secondary N) is 2. The molecule has 2 aromatic carbocycles. The number of para-hydroxylation sites is 1. The number of guanidine groups is 1. The van der Waals surface area contributed by atoms with Crippen LogP contribution in [0.2, 0.25) is 0 Å². The van der Waals surface area contributed by atoms with Gasteiger partial charge < -0.3 is 15.4 Å². The molecule has 0 spiro atoms. The summed E-state index contributed by atoms with van der Waals surface area (Å²) in [5.41, 5.74) is 1.77. The zero-order valence-electron chi connectivity index (χ0n) is 15.3. The fourth-order valence-corrected chi connectivity index (χ4v) is 2.56. The highest BCUT2D eigenvalue weighted by atomic mass is 19.1. The van der Waals surface area contributed by atoms with Crippen molar-refractivity contribution in [1.29, 1.82) is 0 Å². The Morgan fingerprint density at radius 3 is 2.56 bits per heavy atom. The lowest BCUT2D eigenvalue weighted by molar-refractivity contribution is 0.409. The Kier molecular flexibility index (Phi) is 6.39. The summed E-state index contributed by atoms with van der Waals surface area (Å²) in [6.07, 6.45) is 0. The van der Waals surface area contributed by atoms with Crippen molar-refractivity contribution in [2.75, 3.05) is 20.7 Å². The van der Waals surface area contributed by atoms with E-state index in [9.17, 15) is 4.39 Å². The molecule has 2 rings (SSSR count). The first kappa shape index (κ1) is 18.8. The molecule has 2 aromatic rings. The third-order valence-corrected chi connectivity index (χ3v) is 4.17. The molecule has 4 nitrogen and oxygen atoms in total. The first-order chi connectivity index (χ1) is 12.0. The van der Waals surface area contributed by atoms with Gasteiger partial charge in [-0.05, 0) is 23.8 Å². The minimum absolute atomic E-state index is 0.218. The summed E-state index contributed by atoms with van der Waals surface area (Å²) < 4.78 is 18.8. The van der Waals surface area contributed by atoms with E-state index in [0.29, 0.717) is 19.0 Å².